The van der Waals surface area contributed by atoms with Crippen LogP contribution in [0.4, 0.5) is 0 Å². The van der Waals surface area contributed by atoms with E-state index in [9.17, 15) is 8.42 Å². The van der Waals surface area contributed by atoms with Gasteiger partial charge >= 0.3 is 0 Å². The third-order valence-corrected chi connectivity index (χ3v) is 4.53. The van der Waals surface area contributed by atoms with Gasteiger partial charge in [-0.05, 0) is 37.6 Å². The summed E-state index contributed by atoms with van der Waals surface area (Å²) >= 11 is 3.27. The van der Waals surface area contributed by atoms with Gasteiger partial charge < -0.3 is 5.73 Å². The van der Waals surface area contributed by atoms with E-state index in [0.717, 1.165) is 10.0 Å². The highest BCUT2D eigenvalue weighted by molar-refractivity contribution is 9.10. The van der Waals surface area contributed by atoms with E-state index in [-0.39, 0.29) is 5.75 Å². The minimum absolute atomic E-state index is 0.112. The molecule has 84 valence electrons. The van der Waals surface area contributed by atoms with Crippen molar-refractivity contribution in [3.8, 4) is 0 Å². The lowest BCUT2D eigenvalue weighted by Crippen LogP contribution is -2.12. The van der Waals surface area contributed by atoms with Gasteiger partial charge in [0.25, 0.3) is 0 Å². The standard InChI is InChI=1S/C10H14BrNO2S/c1-8-3-4-9(11)7-10(8)15(13,14)6-2-5-12/h3-4,7H,2,5-6,12H2,1H3. The van der Waals surface area contributed by atoms with Gasteiger partial charge in [-0.1, -0.05) is 22.0 Å². The third-order valence-electron chi connectivity index (χ3n) is 2.10. The predicted octanol–water partition coefficient (Wildman–Crippen LogP) is 1.88. The fraction of sp³-hybridized carbons (Fsp3) is 0.400. The van der Waals surface area contributed by atoms with Crippen LogP contribution >= 0.6 is 15.9 Å². The maximum atomic E-state index is 11.9. The fourth-order valence-electron chi connectivity index (χ4n) is 1.29. The van der Waals surface area contributed by atoms with E-state index < -0.39 is 9.84 Å². The number of hydrogen-bond donors (Lipinski definition) is 1. The van der Waals surface area contributed by atoms with Crippen LogP contribution in [-0.4, -0.2) is 20.7 Å². The van der Waals surface area contributed by atoms with Gasteiger partial charge in [-0.2, -0.15) is 0 Å². The van der Waals surface area contributed by atoms with Crippen LogP contribution in [-0.2, 0) is 9.84 Å². The van der Waals surface area contributed by atoms with Crippen LogP contribution in [0.15, 0.2) is 27.6 Å². The van der Waals surface area contributed by atoms with E-state index in [4.69, 9.17) is 5.73 Å². The normalized spacial score (nSPS) is 11.7. The Kier molecular flexibility index (Phi) is 4.31. The molecule has 0 unspecified atom stereocenters. The first-order valence-corrected chi connectivity index (χ1v) is 7.11. The number of aryl methyl sites for hydroxylation is 1. The summed E-state index contributed by atoms with van der Waals surface area (Å²) in [5, 5.41) is 0. The van der Waals surface area contributed by atoms with Crippen LogP contribution in [0, 0.1) is 6.92 Å². The Bertz CT molecular complexity index is 443. The number of sulfone groups is 1. The van der Waals surface area contributed by atoms with Gasteiger partial charge in [-0.15, -0.1) is 0 Å². The molecule has 0 aliphatic carbocycles. The molecule has 1 aromatic rings. The summed E-state index contributed by atoms with van der Waals surface area (Å²) in [5.74, 6) is 0.112. The number of rotatable bonds is 4. The first kappa shape index (κ1) is 12.7. The summed E-state index contributed by atoms with van der Waals surface area (Å²) in [5.41, 5.74) is 6.08. The topological polar surface area (TPSA) is 60.2 Å². The molecule has 0 saturated carbocycles. The maximum Gasteiger partial charge on any atom is 0.178 e. The number of halogens is 1. The molecular formula is C10H14BrNO2S. The molecule has 5 heteroatoms. The van der Waals surface area contributed by atoms with Gasteiger partial charge in [0, 0.05) is 4.47 Å². The van der Waals surface area contributed by atoms with Crippen molar-refractivity contribution >= 4 is 25.8 Å². The average Bonchev–Trinajstić information content (AvgIpc) is 2.18. The molecule has 0 heterocycles. The Hall–Kier alpha value is -0.390. The van der Waals surface area contributed by atoms with Crippen LogP contribution in [0.2, 0.25) is 0 Å². The lowest BCUT2D eigenvalue weighted by molar-refractivity contribution is 0.593. The molecule has 0 fully saturated rings. The van der Waals surface area contributed by atoms with E-state index in [1.165, 1.54) is 0 Å². The molecule has 2 N–H and O–H groups in total. The van der Waals surface area contributed by atoms with Gasteiger partial charge in [-0.3, -0.25) is 0 Å². The molecule has 0 saturated heterocycles. The highest BCUT2D eigenvalue weighted by Gasteiger charge is 2.16. The van der Waals surface area contributed by atoms with Crippen molar-refractivity contribution in [3.63, 3.8) is 0 Å². The van der Waals surface area contributed by atoms with Crippen molar-refractivity contribution < 1.29 is 8.42 Å². The molecule has 0 aliphatic rings. The zero-order valence-electron chi connectivity index (χ0n) is 8.53. The summed E-state index contributed by atoms with van der Waals surface area (Å²) in [7, 11) is -3.19. The Morgan fingerprint density at radius 3 is 2.67 bits per heavy atom. The highest BCUT2D eigenvalue weighted by Crippen LogP contribution is 2.21. The number of benzene rings is 1. The summed E-state index contributed by atoms with van der Waals surface area (Å²) in [6.07, 6.45) is 0.494. The monoisotopic (exact) mass is 291 g/mol. The Morgan fingerprint density at radius 1 is 1.40 bits per heavy atom. The van der Waals surface area contributed by atoms with Gasteiger partial charge in [0.1, 0.15) is 0 Å². The van der Waals surface area contributed by atoms with Crippen LogP contribution in [0.1, 0.15) is 12.0 Å². The zero-order chi connectivity index (χ0) is 11.5. The largest absolute Gasteiger partial charge is 0.330 e. The lowest BCUT2D eigenvalue weighted by Gasteiger charge is -2.07. The highest BCUT2D eigenvalue weighted by atomic mass is 79.9. The summed E-state index contributed by atoms with van der Waals surface area (Å²) in [4.78, 5) is 0.394. The second-order valence-corrected chi connectivity index (χ2v) is 6.36. The first-order valence-electron chi connectivity index (χ1n) is 4.66. The summed E-state index contributed by atoms with van der Waals surface area (Å²) < 4.78 is 24.6. The quantitative estimate of drug-likeness (QED) is 0.921. The molecule has 0 bridgehead atoms. The van der Waals surface area contributed by atoms with E-state index in [0.29, 0.717) is 17.9 Å². The molecule has 15 heavy (non-hydrogen) atoms. The van der Waals surface area contributed by atoms with Gasteiger partial charge in [0.05, 0.1) is 10.6 Å². The molecule has 0 aliphatic heterocycles. The second kappa shape index (κ2) is 5.09. The van der Waals surface area contributed by atoms with Crippen LogP contribution in [0.5, 0.6) is 0 Å². The molecule has 0 aromatic heterocycles. The van der Waals surface area contributed by atoms with Gasteiger partial charge in [-0.25, -0.2) is 8.42 Å². The van der Waals surface area contributed by atoms with Crippen LogP contribution < -0.4 is 5.73 Å². The van der Waals surface area contributed by atoms with Crippen molar-refractivity contribution in [2.75, 3.05) is 12.3 Å². The zero-order valence-corrected chi connectivity index (χ0v) is 10.9. The van der Waals surface area contributed by atoms with E-state index >= 15 is 0 Å². The van der Waals surface area contributed by atoms with E-state index in [1.54, 1.807) is 19.1 Å². The molecular weight excluding hydrogens is 278 g/mol. The smallest absolute Gasteiger partial charge is 0.178 e. The number of nitrogens with two attached hydrogens (primary N) is 1. The van der Waals surface area contributed by atoms with Crippen molar-refractivity contribution in [1.29, 1.82) is 0 Å². The summed E-state index contributed by atoms with van der Waals surface area (Å²) in [6, 6.07) is 5.26. The Labute approximate surface area is 98.7 Å². The van der Waals surface area contributed by atoms with Crippen LogP contribution in [0.3, 0.4) is 0 Å². The fourth-order valence-corrected chi connectivity index (χ4v) is 3.44. The van der Waals surface area contributed by atoms with Crippen molar-refractivity contribution in [2.45, 2.75) is 18.2 Å². The first-order chi connectivity index (χ1) is 6.97. The molecule has 0 amide bonds. The molecule has 0 radical (unpaired) electrons. The second-order valence-electron chi connectivity index (χ2n) is 3.37. The summed E-state index contributed by atoms with van der Waals surface area (Å²) in [6.45, 7) is 2.19. The average molecular weight is 292 g/mol. The van der Waals surface area contributed by atoms with E-state index in [1.807, 2.05) is 6.07 Å². The molecule has 1 aromatic carbocycles. The van der Waals surface area contributed by atoms with Gasteiger partial charge in [0.15, 0.2) is 9.84 Å². The Balaban J connectivity index is 3.09. The molecule has 0 atom stereocenters. The molecule has 1 rings (SSSR count). The molecule has 0 spiro atoms. The third kappa shape index (κ3) is 3.29. The Morgan fingerprint density at radius 2 is 2.07 bits per heavy atom. The predicted molar refractivity (Wildman–Crippen MR) is 64.6 cm³/mol. The van der Waals surface area contributed by atoms with Crippen molar-refractivity contribution in [3.05, 3.63) is 28.2 Å². The van der Waals surface area contributed by atoms with Gasteiger partial charge in [0.2, 0.25) is 0 Å². The SMILES string of the molecule is Cc1ccc(Br)cc1S(=O)(=O)CCCN. The van der Waals surface area contributed by atoms with Crippen LogP contribution in [0.25, 0.3) is 0 Å². The van der Waals surface area contributed by atoms with Crippen molar-refractivity contribution in [2.24, 2.45) is 5.73 Å². The lowest BCUT2D eigenvalue weighted by atomic mass is 10.2. The minimum Gasteiger partial charge on any atom is -0.330 e. The molecule has 3 nitrogen and oxygen atoms in total. The maximum absolute atomic E-state index is 11.9. The minimum atomic E-state index is -3.19. The van der Waals surface area contributed by atoms with Crippen molar-refractivity contribution in [1.82, 2.24) is 0 Å². The number of hydrogen-bond acceptors (Lipinski definition) is 3. The van der Waals surface area contributed by atoms with E-state index in [2.05, 4.69) is 15.9 Å².